The minimum absolute atomic E-state index is 0.0169. The van der Waals surface area contributed by atoms with Crippen molar-refractivity contribution in [1.29, 1.82) is 0 Å². The zero-order valence-electron chi connectivity index (χ0n) is 14.1. The Morgan fingerprint density at radius 1 is 1.27 bits per heavy atom. The molecule has 0 aromatic rings. The average Bonchev–Trinajstić information content (AvgIpc) is 2.97. The normalized spacial score (nSPS) is 28.5. The van der Waals surface area contributed by atoms with Gasteiger partial charge in [-0.25, -0.2) is 0 Å². The molecule has 0 unspecified atom stereocenters. The van der Waals surface area contributed by atoms with Crippen LogP contribution in [0.15, 0.2) is 11.6 Å². The number of hydrogen-bond donors (Lipinski definition) is 2. The van der Waals surface area contributed by atoms with Crippen LogP contribution < -0.4 is 11.1 Å². The lowest BCUT2D eigenvalue weighted by molar-refractivity contribution is -0.134. The van der Waals surface area contributed by atoms with E-state index in [1.165, 1.54) is 5.57 Å². The maximum atomic E-state index is 12.5. The molecule has 2 amide bonds. The molecule has 3 N–H and O–H groups in total. The Morgan fingerprint density at radius 2 is 1.86 bits per heavy atom. The van der Waals surface area contributed by atoms with E-state index in [0.717, 1.165) is 0 Å². The Kier molecular flexibility index (Phi) is 4.66. The van der Waals surface area contributed by atoms with Gasteiger partial charge in [-0.2, -0.15) is 0 Å². The van der Waals surface area contributed by atoms with Gasteiger partial charge in [0, 0.05) is 19.8 Å². The van der Waals surface area contributed by atoms with Gasteiger partial charge in [0.05, 0.1) is 11.3 Å². The molecule has 22 heavy (non-hydrogen) atoms. The van der Waals surface area contributed by atoms with Gasteiger partial charge in [0.15, 0.2) is 0 Å². The number of carbonyl (C=O) groups excluding carboxylic acids is 2. The summed E-state index contributed by atoms with van der Waals surface area (Å²) in [4.78, 5) is 24.3. The van der Waals surface area contributed by atoms with Gasteiger partial charge < -0.3 is 15.8 Å². The van der Waals surface area contributed by atoms with Crippen LogP contribution in [0.3, 0.4) is 0 Å². The summed E-state index contributed by atoms with van der Waals surface area (Å²) in [6.07, 6.45) is 3.32. The molecule has 5 heteroatoms. The zero-order valence-corrected chi connectivity index (χ0v) is 14.1. The van der Waals surface area contributed by atoms with Crippen LogP contribution in [0.4, 0.5) is 0 Å². The summed E-state index contributed by atoms with van der Waals surface area (Å²) in [6.45, 7) is 9.68. The van der Waals surface area contributed by atoms with Crippen molar-refractivity contribution in [3.05, 3.63) is 11.6 Å². The fourth-order valence-corrected chi connectivity index (χ4v) is 3.49. The van der Waals surface area contributed by atoms with E-state index in [9.17, 15) is 9.59 Å². The highest BCUT2D eigenvalue weighted by atomic mass is 16.5. The molecular weight excluding hydrogens is 280 g/mol. The van der Waals surface area contributed by atoms with Crippen LogP contribution >= 0.6 is 0 Å². The SMILES string of the molecule is CC(C)=C[C@@H]1[C@@H](C(=O)NCC2(C(N)=O)CCOCC2)C1(C)C. The summed E-state index contributed by atoms with van der Waals surface area (Å²) in [5.41, 5.74) is 6.13. The first-order valence-corrected chi connectivity index (χ1v) is 8.01. The second-order valence-corrected chi connectivity index (χ2v) is 7.54. The van der Waals surface area contributed by atoms with Crippen LogP contribution in [0.2, 0.25) is 0 Å². The lowest BCUT2D eigenvalue weighted by Gasteiger charge is -2.34. The van der Waals surface area contributed by atoms with E-state index < -0.39 is 5.41 Å². The maximum absolute atomic E-state index is 12.5. The number of ether oxygens (including phenoxy) is 1. The van der Waals surface area contributed by atoms with Gasteiger partial charge in [0.25, 0.3) is 0 Å². The van der Waals surface area contributed by atoms with E-state index in [0.29, 0.717) is 32.6 Å². The van der Waals surface area contributed by atoms with Gasteiger partial charge in [-0.1, -0.05) is 25.5 Å². The molecule has 1 aliphatic heterocycles. The van der Waals surface area contributed by atoms with Crippen molar-refractivity contribution < 1.29 is 14.3 Å². The Balaban J connectivity index is 1.98. The van der Waals surface area contributed by atoms with Gasteiger partial charge >= 0.3 is 0 Å². The van der Waals surface area contributed by atoms with Crippen molar-refractivity contribution in [3.8, 4) is 0 Å². The summed E-state index contributed by atoms with van der Waals surface area (Å²) in [7, 11) is 0. The topological polar surface area (TPSA) is 81.4 Å². The molecule has 0 bridgehead atoms. The molecule has 2 fully saturated rings. The Hall–Kier alpha value is -1.36. The van der Waals surface area contributed by atoms with Gasteiger partial charge in [-0.05, 0) is 38.0 Å². The van der Waals surface area contributed by atoms with Crippen LogP contribution in [0.25, 0.3) is 0 Å². The van der Waals surface area contributed by atoms with Gasteiger partial charge in [0.1, 0.15) is 0 Å². The molecule has 0 aromatic carbocycles. The predicted molar refractivity (Wildman–Crippen MR) is 84.9 cm³/mol. The molecule has 2 aliphatic rings. The van der Waals surface area contributed by atoms with E-state index in [-0.39, 0.29) is 29.1 Å². The summed E-state index contributed by atoms with van der Waals surface area (Å²) in [5.74, 6) is -0.0597. The number of allylic oxidation sites excluding steroid dienone is 2. The van der Waals surface area contributed by atoms with Crippen molar-refractivity contribution in [2.75, 3.05) is 19.8 Å². The Morgan fingerprint density at radius 3 is 2.36 bits per heavy atom. The van der Waals surface area contributed by atoms with E-state index >= 15 is 0 Å². The second-order valence-electron chi connectivity index (χ2n) is 7.54. The Bertz CT molecular complexity index is 486. The lowest BCUT2D eigenvalue weighted by atomic mass is 9.79. The summed E-state index contributed by atoms with van der Waals surface area (Å²) >= 11 is 0. The van der Waals surface area contributed by atoms with Crippen LogP contribution in [0, 0.1) is 22.7 Å². The molecule has 124 valence electrons. The third-order valence-electron chi connectivity index (χ3n) is 5.28. The van der Waals surface area contributed by atoms with Crippen LogP contribution in [0.1, 0.15) is 40.5 Å². The van der Waals surface area contributed by atoms with E-state index in [4.69, 9.17) is 10.5 Å². The fourth-order valence-electron chi connectivity index (χ4n) is 3.49. The van der Waals surface area contributed by atoms with E-state index in [1.54, 1.807) is 0 Å². The van der Waals surface area contributed by atoms with Gasteiger partial charge in [0.2, 0.25) is 11.8 Å². The number of rotatable bonds is 5. The highest BCUT2D eigenvalue weighted by Crippen LogP contribution is 2.59. The summed E-state index contributed by atoms with van der Waals surface area (Å²) < 4.78 is 5.31. The van der Waals surface area contributed by atoms with Gasteiger partial charge in [-0.3, -0.25) is 9.59 Å². The molecule has 0 aromatic heterocycles. The number of carbonyl (C=O) groups is 2. The van der Waals surface area contributed by atoms with Crippen molar-refractivity contribution in [3.63, 3.8) is 0 Å². The number of amides is 2. The molecule has 0 spiro atoms. The van der Waals surface area contributed by atoms with Crippen molar-refractivity contribution in [2.24, 2.45) is 28.4 Å². The minimum Gasteiger partial charge on any atom is -0.381 e. The molecule has 1 saturated heterocycles. The second kappa shape index (κ2) is 6.03. The van der Waals surface area contributed by atoms with Crippen molar-refractivity contribution >= 4 is 11.8 Å². The van der Waals surface area contributed by atoms with Crippen LogP contribution in [-0.2, 0) is 14.3 Å². The first-order chi connectivity index (χ1) is 10.2. The zero-order chi connectivity index (χ0) is 16.5. The number of nitrogens with two attached hydrogens (primary N) is 1. The van der Waals surface area contributed by atoms with Gasteiger partial charge in [-0.15, -0.1) is 0 Å². The molecule has 2 rings (SSSR count). The third-order valence-corrected chi connectivity index (χ3v) is 5.28. The fraction of sp³-hybridized carbons (Fsp3) is 0.765. The van der Waals surface area contributed by atoms with E-state index in [2.05, 4.69) is 25.2 Å². The molecule has 1 heterocycles. The van der Waals surface area contributed by atoms with Crippen molar-refractivity contribution in [1.82, 2.24) is 5.32 Å². The standard InChI is InChI=1S/C17H28N2O3/c1-11(2)9-12-13(16(12,3)4)14(20)19-10-17(15(18)21)5-7-22-8-6-17/h9,12-13H,5-8,10H2,1-4H3,(H2,18,21)(H,19,20)/t12-,13+/m1/s1. The van der Waals surface area contributed by atoms with E-state index in [1.807, 2.05) is 13.8 Å². The predicted octanol–water partition coefficient (Wildman–Crippen LogP) is 1.62. The molecule has 2 atom stereocenters. The molecule has 5 nitrogen and oxygen atoms in total. The van der Waals surface area contributed by atoms with Crippen molar-refractivity contribution in [2.45, 2.75) is 40.5 Å². The largest absolute Gasteiger partial charge is 0.381 e. The summed E-state index contributed by atoms with van der Waals surface area (Å²) in [6, 6.07) is 0. The highest BCUT2D eigenvalue weighted by molar-refractivity contribution is 5.86. The summed E-state index contributed by atoms with van der Waals surface area (Å²) in [5, 5.41) is 2.97. The smallest absolute Gasteiger partial charge is 0.225 e. The third kappa shape index (κ3) is 3.19. The Labute approximate surface area is 132 Å². The lowest BCUT2D eigenvalue weighted by Crippen LogP contribution is -2.50. The monoisotopic (exact) mass is 308 g/mol. The number of nitrogens with one attached hydrogen (secondary N) is 1. The molecule has 1 saturated carbocycles. The first-order valence-electron chi connectivity index (χ1n) is 8.01. The minimum atomic E-state index is -0.654. The highest BCUT2D eigenvalue weighted by Gasteiger charge is 2.60. The first kappa shape index (κ1) is 17.0. The maximum Gasteiger partial charge on any atom is 0.225 e. The molecular formula is C17H28N2O3. The number of primary amides is 1. The van der Waals surface area contributed by atoms with Crippen LogP contribution in [-0.4, -0.2) is 31.6 Å². The average molecular weight is 308 g/mol. The molecule has 0 radical (unpaired) electrons. The quantitative estimate of drug-likeness (QED) is 0.757. The molecule has 1 aliphatic carbocycles. The number of hydrogen-bond acceptors (Lipinski definition) is 3. The van der Waals surface area contributed by atoms with Crippen LogP contribution in [0.5, 0.6) is 0 Å².